The molecule has 0 unspecified atom stereocenters. The number of anilines is 1. The van der Waals surface area contributed by atoms with Crippen molar-refractivity contribution in [1.82, 2.24) is 10.2 Å². The minimum Gasteiger partial charge on any atom is -0.454 e. The van der Waals surface area contributed by atoms with E-state index in [1.54, 1.807) is 18.2 Å². The summed E-state index contributed by atoms with van der Waals surface area (Å²) < 4.78 is 16.3. The minimum atomic E-state index is -0.236. The number of hydrogen-bond donors (Lipinski definition) is 1. The van der Waals surface area contributed by atoms with Gasteiger partial charge in [-0.05, 0) is 42.5 Å². The third kappa shape index (κ3) is 2.64. The largest absolute Gasteiger partial charge is 0.454 e. The molecule has 1 fully saturated rings. The molecule has 0 saturated heterocycles. The molecule has 3 aromatic rings. The molecule has 1 N–H and O–H groups in total. The van der Waals surface area contributed by atoms with E-state index in [0.29, 0.717) is 40.4 Å². The lowest BCUT2D eigenvalue weighted by molar-refractivity contribution is 0.102. The molecule has 2 aliphatic rings. The number of carbonyl (C=O) groups is 1. The standard InChI is InChI=1S/C17H13N3O4S/c21-15(10-3-4-12-13(7-10)23-8-22-12)18-11-5-6-25-14(11)17-20-19-16(24-17)9-1-2-9/h3-7,9H,1-2,8H2,(H,18,21). The molecule has 7 nitrogen and oxygen atoms in total. The summed E-state index contributed by atoms with van der Waals surface area (Å²) in [4.78, 5) is 13.3. The van der Waals surface area contributed by atoms with Crippen LogP contribution in [0, 0.1) is 0 Å². The van der Waals surface area contributed by atoms with Gasteiger partial charge in [-0.1, -0.05) is 0 Å². The van der Waals surface area contributed by atoms with Crippen LogP contribution in [0.25, 0.3) is 10.8 Å². The van der Waals surface area contributed by atoms with Gasteiger partial charge in [0.1, 0.15) is 4.88 Å². The van der Waals surface area contributed by atoms with Crippen molar-refractivity contribution in [1.29, 1.82) is 0 Å². The highest BCUT2D eigenvalue weighted by Crippen LogP contribution is 2.41. The summed E-state index contributed by atoms with van der Waals surface area (Å²) >= 11 is 1.45. The number of aromatic nitrogens is 2. The van der Waals surface area contributed by atoms with Gasteiger partial charge in [0.05, 0.1) is 5.69 Å². The van der Waals surface area contributed by atoms with Gasteiger partial charge in [-0.3, -0.25) is 4.79 Å². The molecule has 1 saturated carbocycles. The van der Waals surface area contributed by atoms with Crippen LogP contribution in [0.1, 0.15) is 35.0 Å². The molecule has 8 heteroatoms. The van der Waals surface area contributed by atoms with Crippen LogP contribution in [0.2, 0.25) is 0 Å². The molecule has 3 heterocycles. The first-order valence-corrected chi connectivity index (χ1v) is 8.78. The lowest BCUT2D eigenvalue weighted by Crippen LogP contribution is -2.11. The van der Waals surface area contributed by atoms with E-state index in [-0.39, 0.29) is 12.7 Å². The Morgan fingerprint density at radius 1 is 1.16 bits per heavy atom. The van der Waals surface area contributed by atoms with Crippen LogP contribution in [0.5, 0.6) is 11.5 Å². The van der Waals surface area contributed by atoms with Crippen LogP contribution in [0.3, 0.4) is 0 Å². The Hall–Kier alpha value is -2.87. The predicted octanol–water partition coefficient (Wildman–Crippen LogP) is 3.66. The van der Waals surface area contributed by atoms with Crippen molar-refractivity contribution in [2.75, 3.05) is 12.1 Å². The monoisotopic (exact) mass is 355 g/mol. The smallest absolute Gasteiger partial charge is 0.259 e. The van der Waals surface area contributed by atoms with Crippen LogP contribution in [0.15, 0.2) is 34.1 Å². The zero-order valence-electron chi connectivity index (χ0n) is 13.0. The summed E-state index contributed by atoms with van der Waals surface area (Å²) in [6.07, 6.45) is 2.19. The molecule has 126 valence electrons. The van der Waals surface area contributed by atoms with E-state index in [4.69, 9.17) is 13.9 Å². The average Bonchev–Trinajstić information content (AvgIpc) is 3.04. The number of carbonyl (C=O) groups excluding carboxylic acids is 1. The predicted molar refractivity (Wildman–Crippen MR) is 90.1 cm³/mol. The van der Waals surface area contributed by atoms with Crippen LogP contribution in [0.4, 0.5) is 5.69 Å². The number of fused-ring (bicyclic) bond motifs is 1. The Labute approximate surface area is 146 Å². The first-order chi connectivity index (χ1) is 12.3. The van der Waals surface area contributed by atoms with E-state index in [1.807, 2.05) is 11.4 Å². The highest BCUT2D eigenvalue weighted by atomic mass is 32.1. The van der Waals surface area contributed by atoms with E-state index in [0.717, 1.165) is 17.7 Å². The van der Waals surface area contributed by atoms with Crippen LogP contribution in [-0.2, 0) is 0 Å². The molecule has 2 aromatic heterocycles. The molecule has 0 atom stereocenters. The first-order valence-electron chi connectivity index (χ1n) is 7.90. The third-order valence-electron chi connectivity index (χ3n) is 4.11. The summed E-state index contributed by atoms with van der Waals surface area (Å²) in [6.45, 7) is 0.176. The number of amides is 1. The Morgan fingerprint density at radius 3 is 2.92 bits per heavy atom. The van der Waals surface area contributed by atoms with E-state index in [2.05, 4.69) is 15.5 Å². The lowest BCUT2D eigenvalue weighted by Gasteiger charge is -2.05. The molecular weight excluding hydrogens is 342 g/mol. The summed E-state index contributed by atoms with van der Waals surface area (Å²) in [7, 11) is 0. The van der Waals surface area contributed by atoms with Gasteiger partial charge in [0.2, 0.25) is 12.7 Å². The van der Waals surface area contributed by atoms with Gasteiger partial charge in [-0.2, -0.15) is 0 Å². The van der Waals surface area contributed by atoms with Crippen molar-refractivity contribution >= 4 is 22.9 Å². The molecule has 1 aliphatic carbocycles. The van der Waals surface area contributed by atoms with Crippen LogP contribution < -0.4 is 14.8 Å². The van der Waals surface area contributed by atoms with E-state index >= 15 is 0 Å². The fourth-order valence-electron chi connectivity index (χ4n) is 2.63. The summed E-state index contributed by atoms with van der Waals surface area (Å²) in [6, 6.07) is 6.92. The van der Waals surface area contributed by atoms with Crippen LogP contribution in [-0.4, -0.2) is 22.9 Å². The Balaban J connectivity index is 1.39. The van der Waals surface area contributed by atoms with Gasteiger partial charge in [0.15, 0.2) is 11.5 Å². The zero-order chi connectivity index (χ0) is 16.8. The van der Waals surface area contributed by atoms with E-state index in [9.17, 15) is 4.79 Å². The number of hydrogen-bond acceptors (Lipinski definition) is 7. The van der Waals surface area contributed by atoms with Crippen molar-refractivity contribution in [2.24, 2.45) is 0 Å². The summed E-state index contributed by atoms with van der Waals surface area (Å²) in [5.74, 6) is 2.50. The van der Waals surface area contributed by atoms with E-state index < -0.39 is 0 Å². The number of nitrogens with zero attached hydrogens (tertiary/aromatic N) is 2. The van der Waals surface area contributed by atoms with Gasteiger partial charge < -0.3 is 19.2 Å². The number of rotatable bonds is 4. The third-order valence-corrected chi connectivity index (χ3v) is 5.01. The van der Waals surface area contributed by atoms with Gasteiger partial charge in [-0.25, -0.2) is 0 Å². The number of benzene rings is 1. The molecule has 25 heavy (non-hydrogen) atoms. The van der Waals surface area contributed by atoms with Crippen molar-refractivity contribution in [3.63, 3.8) is 0 Å². The van der Waals surface area contributed by atoms with Crippen molar-refractivity contribution in [3.8, 4) is 22.3 Å². The molecule has 0 bridgehead atoms. The molecule has 5 rings (SSSR count). The van der Waals surface area contributed by atoms with Gasteiger partial charge in [0.25, 0.3) is 11.8 Å². The Morgan fingerprint density at radius 2 is 2.04 bits per heavy atom. The minimum absolute atomic E-state index is 0.176. The van der Waals surface area contributed by atoms with Gasteiger partial charge in [-0.15, -0.1) is 21.5 Å². The van der Waals surface area contributed by atoms with Crippen molar-refractivity contribution in [3.05, 3.63) is 41.1 Å². The molecule has 0 radical (unpaired) electrons. The Bertz CT molecular complexity index is 960. The lowest BCUT2D eigenvalue weighted by atomic mass is 10.2. The molecule has 1 aromatic carbocycles. The van der Waals surface area contributed by atoms with Crippen molar-refractivity contribution < 1.29 is 18.7 Å². The SMILES string of the molecule is O=C(Nc1ccsc1-c1nnc(C2CC2)o1)c1ccc2c(c1)OCO2. The second kappa shape index (κ2) is 5.59. The highest BCUT2D eigenvalue weighted by Gasteiger charge is 2.30. The maximum atomic E-state index is 12.5. The Kier molecular flexibility index (Phi) is 3.24. The highest BCUT2D eigenvalue weighted by molar-refractivity contribution is 7.14. The molecule has 1 amide bonds. The number of nitrogens with one attached hydrogen (secondary N) is 1. The van der Waals surface area contributed by atoms with Gasteiger partial charge in [0, 0.05) is 11.5 Å². The summed E-state index contributed by atoms with van der Waals surface area (Å²) in [5.41, 5.74) is 1.14. The second-order valence-corrected chi connectivity index (χ2v) is 6.82. The number of ether oxygens (including phenoxy) is 2. The normalized spacial score (nSPS) is 15.4. The maximum absolute atomic E-state index is 12.5. The quantitative estimate of drug-likeness (QED) is 0.769. The number of thiophene rings is 1. The molecule has 0 spiro atoms. The maximum Gasteiger partial charge on any atom is 0.259 e. The fraction of sp³-hybridized carbons (Fsp3) is 0.235. The van der Waals surface area contributed by atoms with Crippen molar-refractivity contribution in [2.45, 2.75) is 18.8 Å². The van der Waals surface area contributed by atoms with Crippen LogP contribution >= 0.6 is 11.3 Å². The topological polar surface area (TPSA) is 86.5 Å². The zero-order valence-corrected chi connectivity index (χ0v) is 13.8. The fourth-order valence-corrected chi connectivity index (χ4v) is 3.40. The molecule has 1 aliphatic heterocycles. The summed E-state index contributed by atoms with van der Waals surface area (Å²) in [5, 5.41) is 13.0. The molecular formula is C17H13N3O4S. The second-order valence-electron chi connectivity index (χ2n) is 5.91. The average molecular weight is 355 g/mol. The van der Waals surface area contributed by atoms with E-state index in [1.165, 1.54) is 11.3 Å². The van der Waals surface area contributed by atoms with Gasteiger partial charge >= 0.3 is 0 Å². The first kappa shape index (κ1) is 14.5.